The molecule has 3 rings (SSSR count). The fourth-order valence-electron chi connectivity index (χ4n) is 2.47. The van der Waals surface area contributed by atoms with Gasteiger partial charge in [0.2, 0.25) is 0 Å². The molecule has 3 aromatic rings. The van der Waals surface area contributed by atoms with Gasteiger partial charge in [-0.3, -0.25) is 14.9 Å². The summed E-state index contributed by atoms with van der Waals surface area (Å²) in [5.74, 6) is -0.405. The molecule has 0 spiro atoms. The molecule has 0 bridgehead atoms. The topological polar surface area (TPSA) is 78.0 Å². The van der Waals surface area contributed by atoms with Crippen molar-refractivity contribution < 1.29 is 9.72 Å². The van der Waals surface area contributed by atoms with E-state index in [4.69, 9.17) is 11.6 Å². The van der Waals surface area contributed by atoms with E-state index in [0.717, 1.165) is 9.79 Å². The minimum Gasteiger partial charge on any atom is -0.267 e. The highest BCUT2D eigenvalue weighted by molar-refractivity contribution is 7.99. The monoisotopic (exact) mass is 387 g/mol. The molecule has 8 heteroatoms. The molecule has 0 saturated heterocycles. The van der Waals surface area contributed by atoms with Gasteiger partial charge in [0.15, 0.2) is 0 Å². The Balaban J connectivity index is 1.94. The number of aromatic nitrogens is 2. The van der Waals surface area contributed by atoms with Crippen LogP contribution in [0, 0.1) is 24.0 Å². The van der Waals surface area contributed by atoms with E-state index in [9.17, 15) is 14.9 Å². The molecule has 0 fully saturated rings. The Labute approximate surface area is 158 Å². The maximum atomic E-state index is 12.8. The van der Waals surface area contributed by atoms with Gasteiger partial charge >= 0.3 is 0 Å². The lowest BCUT2D eigenvalue weighted by molar-refractivity contribution is -0.384. The number of nitro groups is 1. The second kappa shape index (κ2) is 7.31. The molecule has 0 aliphatic rings. The van der Waals surface area contributed by atoms with Crippen molar-refractivity contribution in [3.8, 4) is 0 Å². The van der Waals surface area contributed by atoms with Crippen LogP contribution < -0.4 is 0 Å². The van der Waals surface area contributed by atoms with Crippen LogP contribution in [0.4, 0.5) is 5.69 Å². The molecular formula is C18H14ClN3O3S. The van der Waals surface area contributed by atoms with Gasteiger partial charge < -0.3 is 0 Å². The van der Waals surface area contributed by atoms with E-state index in [1.165, 1.54) is 40.7 Å². The summed E-state index contributed by atoms with van der Waals surface area (Å²) < 4.78 is 1.28. The van der Waals surface area contributed by atoms with Crippen LogP contribution in [0.5, 0.6) is 0 Å². The quantitative estimate of drug-likeness (QED) is 0.470. The van der Waals surface area contributed by atoms with Gasteiger partial charge in [-0.2, -0.15) is 9.78 Å². The van der Waals surface area contributed by atoms with Gasteiger partial charge in [0.25, 0.3) is 11.6 Å². The van der Waals surface area contributed by atoms with Gasteiger partial charge in [0.05, 0.1) is 21.2 Å². The molecule has 0 N–H and O–H groups in total. The SMILES string of the molecule is Cc1nn(C(=O)c2cccc([N+](=O)[O-])c2)c(C)c1Sc1ccc(Cl)cc1. The van der Waals surface area contributed by atoms with Crippen molar-refractivity contribution in [1.82, 2.24) is 9.78 Å². The first-order valence-corrected chi connectivity index (χ1v) is 8.85. The smallest absolute Gasteiger partial charge is 0.267 e. The zero-order valence-electron chi connectivity index (χ0n) is 14.0. The molecule has 0 aliphatic heterocycles. The molecule has 2 aromatic carbocycles. The van der Waals surface area contributed by atoms with Crippen LogP contribution in [0.2, 0.25) is 5.02 Å². The van der Waals surface area contributed by atoms with Gasteiger partial charge in [0.1, 0.15) is 0 Å². The highest BCUT2D eigenvalue weighted by Crippen LogP contribution is 2.33. The normalized spacial score (nSPS) is 10.7. The van der Waals surface area contributed by atoms with E-state index in [-0.39, 0.29) is 11.3 Å². The van der Waals surface area contributed by atoms with Crippen molar-refractivity contribution in [2.24, 2.45) is 0 Å². The number of hydrogen-bond donors (Lipinski definition) is 0. The van der Waals surface area contributed by atoms with Crippen LogP contribution in [0.25, 0.3) is 0 Å². The maximum absolute atomic E-state index is 12.8. The molecule has 0 amide bonds. The van der Waals surface area contributed by atoms with Crippen LogP contribution in [0.1, 0.15) is 21.7 Å². The van der Waals surface area contributed by atoms with Crippen LogP contribution in [0.15, 0.2) is 58.3 Å². The number of halogens is 1. The standard InChI is InChI=1S/C18H14ClN3O3S/c1-11-17(26-16-8-6-14(19)7-9-16)12(2)21(20-11)18(23)13-4-3-5-15(10-13)22(24)25/h3-10H,1-2H3. The van der Waals surface area contributed by atoms with Gasteiger partial charge in [-0.1, -0.05) is 29.4 Å². The Hall–Kier alpha value is -2.64. The number of aryl methyl sites for hydroxylation is 1. The largest absolute Gasteiger partial charge is 0.278 e. The highest BCUT2D eigenvalue weighted by atomic mass is 35.5. The summed E-state index contributed by atoms with van der Waals surface area (Å²) in [5.41, 5.74) is 1.47. The lowest BCUT2D eigenvalue weighted by Gasteiger charge is -2.05. The lowest BCUT2D eigenvalue weighted by atomic mass is 10.2. The van der Waals surface area contributed by atoms with Crippen molar-refractivity contribution in [2.75, 3.05) is 0 Å². The fourth-order valence-corrected chi connectivity index (χ4v) is 3.53. The number of nitro benzene ring substituents is 1. The first kappa shape index (κ1) is 18.2. The highest BCUT2D eigenvalue weighted by Gasteiger charge is 2.20. The van der Waals surface area contributed by atoms with E-state index in [1.54, 1.807) is 19.1 Å². The van der Waals surface area contributed by atoms with Crippen molar-refractivity contribution in [1.29, 1.82) is 0 Å². The summed E-state index contributed by atoms with van der Waals surface area (Å²) in [7, 11) is 0. The fraction of sp³-hybridized carbons (Fsp3) is 0.111. The predicted molar refractivity (Wildman–Crippen MR) is 100 cm³/mol. The van der Waals surface area contributed by atoms with Gasteiger partial charge in [-0.25, -0.2) is 0 Å². The number of hydrogen-bond acceptors (Lipinski definition) is 5. The van der Waals surface area contributed by atoms with Gasteiger partial charge in [0, 0.05) is 27.6 Å². The Morgan fingerprint density at radius 1 is 1.19 bits per heavy atom. The van der Waals surface area contributed by atoms with E-state index >= 15 is 0 Å². The summed E-state index contributed by atoms with van der Waals surface area (Å²) in [5, 5.41) is 15.9. The molecule has 26 heavy (non-hydrogen) atoms. The summed E-state index contributed by atoms with van der Waals surface area (Å²) in [6, 6.07) is 13.0. The molecule has 0 unspecified atom stereocenters. The van der Waals surface area contributed by atoms with Crippen molar-refractivity contribution in [3.63, 3.8) is 0 Å². The third-order valence-corrected chi connectivity index (χ3v) is 5.31. The van der Waals surface area contributed by atoms with Crippen LogP contribution in [-0.4, -0.2) is 20.6 Å². The first-order valence-electron chi connectivity index (χ1n) is 7.65. The van der Waals surface area contributed by atoms with E-state index in [0.29, 0.717) is 16.4 Å². The summed E-state index contributed by atoms with van der Waals surface area (Å²) >= 11 is 7.40. The summed E-state index contributed by atoms with van der Waals surface area (Å²) in [4.78, 5) is 25.0. The van der Waals surface area contributed by atoms with Gasteiger partial charge in [-0.15, -0.1) is 0 Å². The molecule has 6 nitrogen and oxygen atoms in total. The molecular weight excluding hydrogens is 374 g/mol. The van der Waals surface area contributed by atoms with Crippen molar-refractivity contribution >= 4 is 35.0 Å². The van der Waals surface area contributed by atoms with E-state index in [1.807, 2.05) is 19.1 Å². The van der Waals surface area contributed by atoms with Crippen LogP contribution in [-0.2, 0) is 0 Å². The molecule has 0 aliphatic carbocycles. The predicted octanol–water partition coefficient (Wildman–Crippen LogP) is 4.90. The van der Waals surface area contributed by atoms with Crippen molar-refractivity contribution in [3.05, 3.63) is 80.6 Å². The zero-order chi connectivity index (χ0) is 18.8. The summed E-state index contributed by atoms with van der Waals surface area (Å²) in [6.07, 6.45) is 0. The lowest BCUT2D eigenvalue weighted by Crippen LogP contribution is -2.15. The Morgan fingerprint density at radius 3 is 2.54 bits per heavy atom. The van der Waals surface area contributed by atoms with Crippen LogP contribution >= 0.6 is 23.4 Å². The average molecular weight is 388 g/mol. The Bertz CT molecular complexity index is 999. The number of non-ortho nitro benzene ring substituents is 1. The molecule has 0 atom stereocenters. The second-order valence-electron chi connectivity index (χ2n) is 5.58. The molecule has 1 heterocycles. The van der Waals surface area contributed by atoms with Crippen LogP contribution in [0.3, 0.4) is 0 Å². The molecule has 0 saturated carbocycles. The molecule has 132 valence electrons. The third-order valence-electron chi connectivity index (χ3n) is 3.75. The van der Waals surface area contributed by atoms with Gasteiger partial charge in [-0.05, 0) is 44.2 Å². The minimum atomic E-state index is -0.528. The third kappa shape index (κ3) is 3.63. The molecule has 0 radical (unpaired) electrons. The molecule has 1 aromatic heterocycles. The second-order valence-corrected chi connectivity index (χ2v) is 7.10. The number of rotatable bonds is 4. The number of benzene rings is 2. The minimum absolute atomic E-state index is 0.131. The number of carbonyl (C=O) groups excluding carboxylic acids is 1. The number of carbonyl (C=O) groups is 1. The Kier molecular flexibility index (Phi) is 5.11. The first-order chi connectivity index (χ1) is 12.4. The zero-order valence-corrected chi connectivity index (χ0v) is 15.5. The Morgan fingerprint density at radius 2 is 1.88 bits per heavy atom. The summed E-state index contributed by atoms with van der Waals surface area (Å²) in [6.45, 7) is 3.62. The number of nitrogens with zero attached hydrogens (tertiary/aromatic N) is 3. The maximum Gasteiger partial charge on any atom is 0.278 e. The van der Waals surface area contributed by atoms with Crippen molar-refractivity contribution in [2.45, 2.75) is 23.6 Å². The van der Waals surface area contributed by atoms with E-state index in [2.05, 4.69) is 5.10 Å². The average Bonchev–Trinajstić information content (AvgIpc) is 2.91. The van der Waals surface area contributed by atoms with E-state index < -0.39 is 10.8 Å².